The minimum atomic E-state index is -1.82. The molecule has 3 fully saturated rings. The largest absolute Gasteiger partial charge is 1.00 e. The van der Waals surface area contributed by atoms with Gasteiger partial charge in [-0.2, -0.15) is 0 Å². The number of cyclic esters (lactones) is 1. The van der Waals surface area contributed by atoms with Gasteiger partial charge in [-0.25, -0.2) is 0 Å². The summed E-state index contributed by atoms with van der Waals surface area (Å²) in [7, 11) is 0. The van der Waals surface area contributed by atoms with Crippen LogP contribution in [0.25, 0.3) is 0 Å². The molecule has 0 aromatic heterocycles. The number of carbonyl (C=O) groups is 4. The van der Waals surface area contributed by atoms with Gasteiger partial charge in [0, 0.05) is 5.41 Å². The standard InChI is InChI=1S/C16H20O5.C16H18O4.Na/c1-14(2,3)21-13(20)16(12(18)19)9-15(16,10-17)11-7-5-4-6-8-11;1-14(2,3)20-13(18)16-9-15(16,10-19-12(16)17)11-7-5-4-6-8-11;/h4-8,17H,9-10H2,1-3H3,(H,18,19);4-8H,9-10H2,1-3H3;/q;;+1/p-1. The van der Waals surface area contributed by atoms with Crippen LogP contribution >= 0.6 is 0 Å². The van der Waals surface area contributed by atoms with Crippen molar-refractivity contribution in [1.29, 1.82) is 0 Å². The molecule has 1 N–H and O–H groups in total. The maximum Gasteiger partial charge on any atom is 1.00 e. The van der Waals surface area contributed by atoms with Crippen LogP contribution < -0.4 is 34.7 Å². The number of ether oxygens (including phenoxy) is 3. The van der Waals surface area contributed by atoms with E-state index in [0.29, 0.717) is 12.0 Å². The van der Waals surface area contributed by atoms with Crippen molar-refractivity contribution >= 4 is 23.9 Å². The van der Waals surface area contributed by atoms with Crippen LogP contribution in [0.4, 0.5) is 0 Å². The van der Waals surface area contributed by atoms with Crippen molar-refractivity contribution in [3.8, 4) is 0 Å². The number of esters is 3. The summed E-state index contributed by atoms with van der Waals surface area (Å²) in [5, 5.41) is 21.4. The van der Waals surface area contributed by atoms with Crippen molar-refractivity contribution in [2.75, 3.05) is 13.2 Å². The van der Waals surface area contributed by atoms with Crippen molar-refractivity contribution in [2.45, 2.75) is 76.4 Å². The molecule has 0 spiro atoms. The number of aliphatic carboxylic acids is 1. The van der Waals surface area contributed by atoms with Crippen LogP contribution in [0.1, 0.15) is 65.5 Å². The summed E-state index contributed by atoms with van der Waals surface area (Å²) in [4.78, 5) is 48.6. The fourth-order valence-corrected chi connectivity index (χ4v) is 5.85. The predicted molar refractivity (Wildman–Crippen MR) is 145 cm³/mol. The molecular formula is C32H37NaO9. The number of rotatable bonds is 6. The third kappa shape index (κ3) is 5.52. The quantitative estimate of drug-likeness (QED) is 0.207. The Morgan fingerprint density at radius 2 is 1.31 bits per heavy atom. The molecule has 42 heavy (non-hydrogen) atoms. The molecule has 3 aliphatic rings. The van der Waals surface area contributed by atoms with Crippen molar-refractivity contribution < 1.29 is 73.2 Å². The molecule has 1 heterocycles. The fourth-order valence-electron chi connectivity index (χ4n) is 5.85. The fraction of sp³-hybridized carbons (Fsp3) is 0.500. The summed E-state index contributed by atoms with van der Waals surface area (Å²) < 4.78 is 15.8. The predicted octanol–water partition coefficient (Wildman–Crippen LogP) is -0.385. The Kier molecular flexibility index (Phi) is 9.18. The minimum Gasteiger partial charge on any atom is -0.549 e. The number of aliphatic hydroxyl groups is 1. The van der Waals surface area contributed by atoms with E-state index in [2.05, 4.69) is 0 Å². The molecule has 0 amide bonds. The molecule has 2 aromatic rings. The summed E-state index contributed by atoms with van der Waals surface area (Å²) >= 11 is 0. The molecular weight excluding hydrogens is 551 g/mol. The van der Waals surface area contributed by atoms with Gasteiger partial charge in [-0.3, -0.25) is 14.4 Å². The van der Waals surface area contributed by atoms with Gasteiger partial charge < -0.3 is 29.2 Å². The van der Waals surface area contributed by atoms with Gasteiger partial charge in [-0.1, -0.05) is 60.7 Å². The zero-order valence-electron chi connectivity index (χ0n) is 25.3. The maximum absolute atomic E-state index is 12.5. The van der Waals surface area contributed by atoms with Crippen molar-refractivity contribution in [2.24, 2.45) is 10.8 Å². The molecule has 2 aliphatic carbocycles. The molecule has 1 aliphatic heterocycles. The topological polar surface area (TPSA) is 139 Å². The van der Waals surface area contributed by atoms with Crippen LogP contribution in [0.5, 0.6) is 0 Å². The van der Waals surface area contributed by atoms with Crippen LogP contribution in [-0.4, -0.2) is 53.4 Å². The molecule has 4 atom stereocenters. The second kappa shape index (κ2) is 11.4. The number of hydrogen-bond donors (Lipinski definition) is 1. The van der Waals surface area contributed by atoms with Gasteiger partial charge >= 0.3 is 47.5 Å². The maximum atomic E-state index is 12.5. The Morgan fingerprint density at radius 1 is 0.833 bits per heavy atom. The summed E-state index contributed by atoms with van der Waals surface area (Å²) in [6, 6.07) is 18.3. The second-order valence-corrected chi connectivity index (χ2v) is 13.1. The van der Waals surface area contributed by atoms with E-state index >= 15 is 0 Å². The molecule has 2 saturated carbocycles. The zero-order chi connectivity index (χ0) is 30.5. The van der Waals surface area contributed by atoms with E-state index in [1.807, 2.05) is 30.3 Å². The molecule has 0 bridgehead atoms. The summed E-state index contributed by atoms with van der Waals surface area (Å²) in [5.74, 6) is -3.27. The molecule has 9 nitrogen and oxygen atoms in total. The first-order valence-electron chi connectivity index (χ1n) is 13.6. The monoisotopic (exact) mass is 588 g/mol. The van der Waals surface area contributed by atoms with Gasteiger partial charge in [-0.05, 0) is 65.5 Å². The number of hydrogen-bond acceptors (Lipinski definition) is 9. The van der Waals surface area contributed by atoms with Crippen LogP contribution in [0, 0.1) is 10.8 Å². The molecule has 1 saturated heterocycles. The van der Waals surface area contributed by atoms with Gasteiger partial charge in [0.1, 0.15) is 23.2 Å². The molecule has 2 aromatic carbocycles. The Hall–Kier alpha value is -2.72. The van der Waals surface area contributed by atoms with Crippen LogP contribution in [0.3, 0.4) is 0 Å². The molecule has 0 radical (unpaired) electrons. The van der Waals surface area contributed by atoms with E-state index in [4.69, 9.17) is 14.2 Å². The number of carboxylic acids is 1. The first-order valence-corrected chi connectivity index (χ1v) is 13.6. The van der Waals surface area contributed by atoms with Crippen molar-refractivity contribution in [1.82, 2.24) is 0 Å². The third-order valence-electron chi connectivity index (χ3n) is 8.08. The summed E-state index contributed by atoms with van der Waals surface area (Å²) in [6.45, 7) is 10.2. The smallest absolute Gasteiger partial charge is 0.549 e. The Balaban J connectivity index is 0.000000225. The van der Waals surface area contributed by atoms with E-state index < -0.39 is 63.3 Å². The molecule has 220 valence electrons. The van der Waals surface area contributed by atoms with Crippen LogP contribution in [0.2, 0.25) is 0 Å². The third-order valence-corrected chi connectivity index (χ3v) is 8.08. The summed E-state index contributed by atoms with van der Waals surface area (Å²) in [6.07, 6.45) is 0.468. The average Bonchev–Trinajstić information content (AvgIpc) is 3.76. The first-order chi connectivity index (χ1) is 19.0. The number of carbonyl (C=O) groups excluding carboxylic acids is 4. The van der Waals surface area contributed by atoms with E-state index in [0.717, 1.165) is 5.56 Å². The van der Waals surface area contributed by atoms with Crippen molar-refractivity contribution in [3.05, 3.63) is 71.8 Å². The van der Waals surface area contributed by atoms with Crippen molar-refractivity contribution in [3.63, 3.8) is 0 Å². The minimum absolute atomic E-state index is 0. The first kappa shape index (κ1) is 33.8. The van der Waals surface area contributed by atoms with Gasteiger partial charge in [-0.15, -0.1) is 0 Å². The van der Waals surface area contributed by atoms with Gasteiger partial charge in [0.15, 0.2) is 5.41 Å². The van der Waals surface area contributed by atoms with Crippen LogP contribution in [0.15, 0.2) is 60.7 Å². The molecule has 10 heteroatoms. The van der Waals surface area contributed by atoms with E-state index in [9.17, 15) is 29.4 Å². The molecule has 4 unspecified atom stereocenters. The van der Waals surface area contributed by atoms with E-state index in [-0.39, 0.29) is 42.6 Å². The second-order valence-electron chi connectivity index (χ2n) is 13.1. The van der Waals surface area contributed by atoms with Gasteiger partial charge in [0.25, 0.3) is 0 Å². The number of aliphatic hydroxyl groups excluding tert-OH is 1. The van der Waals surface area contributed by atoms with E-state index in [1.54, 1.807) is 71.9 Å². The van der Waals surface area contributed by atoms with Gasteiger partial charge in [0.05, 0.1) is 18.0 Å². The zero-order valence-corrected chi connectivity index (χ0v) is 27.3. The average molecular weight is 589 g/mol. The van der Waals surface area contributed by atoms with Gasteiger partial charge in [0.2, 0.25) is 0 Å². The van der Waals surface area contributed by atoms with Crippen LogP contribution in [-0.2, 0) is 44.2 Å². The Morgan fingerprint density at radius 3 is 1.76 bits per heavy atom. The number of carboxylic acid groups (broad SMARTS) is 1. The Bertz CT molecular complexity index is 1350. The Labute approximate surface area is 268 Å². The molecule has 5 rings (SSSR count). The number of fused-ring (bicyclic) bond motifs is 1. The van der Waals surface area contributed by atoms with E-state index in [1.165, 1.54) is 0 Å². The SMILES string of the molecule is CC(C)(C)OC(=O)C1(C(=O)[O-])CC1(CO)c1ccccc1.CC(C)(C)OC(=O)C12CC1(c1ccccc1)COC2=O.[Na+]. The number of benzene rings is 2. The normalized spacial score (nSPS) is 29.0. The summed E-state index contributed by atoms with van der Waals surface area (Å²) in [5.41, 5.74) is -4.51.